The predicted octanol–water partition coefficient (Wildman–Crippen LogP) is 1.19. The topological polar surface area (TPSA) is 48.1 Å². The highest BCUT2D eigenvalue weighted by Crippen LogP contribution is 2.24. The van der Waals surface area contributed by atoms with Crippen molar-refractivity contribution in [2.75, 3.05) is 72.0 Å². The third kappa shape index (κ3) is 5.99. The zero-order valence-electron chi connectivity index (χ0n) is 16.0. The number of hydrogen-bond acceptors (Lipinski definition) is 5. The lowest BCUT2D eigenvalue weighted by molar-refractivity contribution is -0.125. The number of piperazine rings is 1. The monoisotopic (exact) mass is 348 g/mol. The zero-order valence-corrected chi connectivity index (χ0v) is 16.0. The fraction of sp³-hybridized carbons (Fsp3) is 0.632. The van der Waals surface area contributed by atoms with Gasteiger partial charge in [-0.25, -0.2) is 0 Å². The van der Waals surface area contributed by atoms with Gasteiger partial charge in [0.15, 0.2) is 0 Å². The maximum absolute atomic E-state index is 11.9. The fourth-order valence-corrected chi connectivity index (χ4v) is 3.04. The Kier molecular flexibility index (Phi) is 7.68. The molecule has 1 aromatic rings. The van der Waals surface area contributed by atoms with Gasteiger partial charge < -0.3 is 19.9 Å². The number of ether oxygens (including phenoxy) is 1. The normalized spacial score (nSPS) is 17.3. The molecule has 2 rings (SSSR count). The van der Waals surface area contributed by atoms with E-state index in [1.165, 1.54) is 11.3 Å². The number of benzene rings is 1. The van der Waals surface area contributed by atoms with E-state index in [1.807, 2.05) is 21.0 Å². The van der Waals surface area contributed by atoms with Gasteiger partial charge in [0, 0.05) is 59.1 Å². The summed E-state index contributed by atoms with van der Waals surface area (Å²) in [5.74, 6) is -0.0501. The molecule has 0 spiro atoms. The average Bonchev–Trinajstić information content (AvgIpc) is 2.62. The number of amides is 1. The summed E-state index contributed by atoms with van der Waals surface area (Å²) in [5, 5.41) is 3.03. The van der Waals surface area contributed by atoms with Crippen molar-refractivity contribution in [1.82, 2.24) is 15.1 Å². The molecule has 1 saturated heterocycles. The van der Waals surface area contributed by atoms with Crippen LogP contribution in [0.4, 0.5) is 5.69 Å². The molecule has 0 aromatic heterocycles. The number of carbonyl (C=O) groups is 1. The second-order valence-electron chi connectivity index (χ2n) is 6.78. The summed E-state index contributed by atoms with van der Waals surface area (Å²) >= 11 is 0. The molecule has 0 aliphatic carbocycles. The molecule has 1 atom stereocenters. The fourth-order valence-electron chi connectivity index (χ4n) is 3.04. The van der Waals surface area contributed by atoms with Crippen molar-refractivity contribution < 1.29 is 9.53 Å². The zero-order chi connectivity index (χ0) is 18.2. The second-order valence-corrected chi connectivity index (χ2v) is 6.78. The summed E-state index contributed by atoms with van der Waals surface area (Å²) in [4.78, 5) is 18.8. The minimum absolute atomic E-state index is 0.0501. The Morgan fingerprint density at radius 2 is 1.84 bits per heavy atom. The number of hydrogen-bond donors (Lipinski definition) is 1. The summed E-state index contributed by atoms with van der Waals surface area (Å²) in [7, 11) is 6.24. The van der Waals surface area contributed by atoms with Gasteiger partial charge >= 0.3 is 0 Å². The molecule has 1 amide bonds. The van der Waals surface area contributed by atoms with Crippen molar-refractivity contribution in [2.24, 2.45) is 0 Å². The van der Waals surface area contributed by atoms with Crippen LogP contribution in [0, 0.1) is 0 Å². The van der Waals surface area contributed by atoms with Crippen LogP contribution in [0.1, 0.15) is 18.5 Å². The number of likely N-dealkylation sites (N-methyl/N-ethyl adjacent to an activating group) is 1. The Morgan fingerprint density at radius 1 is 1.20 bits per heavy atom. The van der Waals surface area contributed by atoms with E-state index in [1.54, 1.807) is 0 Å². The first-order chi connectivity index (χ1) is 12.0. The molecule has 25 heavy (non-hydrogen) atoms. The number of carbonyl (C=O) groups excluding carboxylic acids is 1. The molecule has 1 heterocycles. The summed E-state index contributed by atoms with van der Waals surface area (Å²) in [6, 6.07) is 8.82. The smallest absolute Gasteiger partial charge is 0.246 e. The van der Waals surface area contributed by atoms with E-state index in [0.717, 1.165) is 26.2 Å². The molecule has 140 valence electrons. The van der Waals surface area contributed by atoms with E-state index in [4.69, 9.17) is 4.74 Å². The lowest BCUT2D eigenvalue weighted by Crippen LogP contribution is -2.48. The number of nitrogens with one attached hydrogen (secondary N) is 1. The van der Waals surface area contributed by atoms with Crippen molar-refractivity contribution >= 4 is 11.6 Å². The standard InChI is InChI=1S/C19H32N4O2/c1-5-25-15-19(24)20-14-18(23-12-10-22(4)11-13-23)16-6-8-17(9-7-16)21(2)3/h6-9,18H,5,10-15H2,1-4H3,(H,20,24). The lowest BCUT2D eigenvalue weighted by atomic mass is 10.0. The molecular formula is C19H32N4O2. The first-order valence-corrected chi connectivity index (χ1v) is 9.05. The maximum atomic E-state index is 11.9. The summed E-state index contributed by atoms with van der Waals surface area (Å²) in [5.41, 5.74) is 2.42. The molecule has 6 nitrogen and oxygen atoms in total. The van der Waals surface area contributed by atoms with Crippen LogP contribution in [0.2, 0.25) is 0 Å². The van der Waals surface area contributed by atoms with Crippen LogP contribution in [0.25, 0.3) is 0 Å². The van der Waals surface area contributed by atoms with Gasteiger partial charge in [-0.05, 0) is 31.7 Å². The van der Waals surface area contributed by atoms with Crippen LogP contribution in [0.3, 0.4) is 0 Å². The Bertz CT molecular complexity index is 525. The first-order valence-electron chi connectivity index (χ1n) is 9.05. The van der Waals surface area contributed by atoms with E-state index in [-0.39, 0.29) is 18.6 Å². The molecule has 6 heteroatoms. The van der Waals surface area contributed by atoms with Gasteiger partial charge in [0.05, 0.1) is 6.04 Å². The van der Waals surface area contributed by atoms with E-state index < -0.39 is 0 Å². The van der Waals surface area contributed by atoms with Gasteiger partial charge in [-0.3, -0.25) is 9.69 Å². The van der Waals surface area contributed by atoms with Gasteiger partial charge in [0.1, 0.15) is 6.61 Å². The van der Waals surface area contributed by atoms with Crippen molar-refractivity contribution in [3.8, 4) is 0 Å². The number of anilines is 1. The lowest BCUT2D eigenvalue weighted by Gasteiger charge is -2.38. The van der Waals surface area contributed by atoms with Crippen molar-refractivity contribution in [1.29, 1.82) is 0 Å². The van der Waals surface area contributed by atoms with Gasteiger partial charge in [0.25, 0.3) is 0 Å². The Balaban J connectivity index is 2.06. The van der Waals surface area contributed by atoms with Crippen molar-refractivity contribution in [3.63, 3.8) is 0 Å². The third-order valence-corrected chi connectivity index (χ3v) is 4.70. The predicted molar refractivity (Wildman–Crippen MR) is 102 cm³/mol. The van der Waals surface area contributed by atoms with Crippen LogP contribution in [-0.4, -0.2) is 82.8 Å². The minimum atomic E-state index is -0.0501. The molecule has 0 bridgehead atoms. The maximum Gasteiger partial charge on any atom is 0.246 e. The molecular weight excluding hydrogens is 316 g/mol. The van der Waals surface area contributed by atoms with Crippen LogP contribution < -0.4 is 10.2 Å². The van der Waals surface area contributed by atoms with Gasteiger partial charge in [-0.2, -0.15) is 0 Å². The summed E-state index contributed by atoms with van der Waals surface area (Å²) in [6.45, 7) is 7.32. The van der Waals surface area contributed by atoms with Crippen LogP contribution in [0.15, 0.2) is 24.3 Å². The Hall–Kier alpha value is -1.63. The number of rotatable bonds is 8. The third-order valence-electron chi connectivity index (χ3n) is 4.70. The van der Waals surface area contributed by atoms with E-state index in [9.17, 15) is 4.79 Å². The molecule has 1 aliphatic rings. The quantitative estimate of drug-likeness (QED) is 0.765. The van der Waals surface area contributed by atoms with Crippen molar-refractivity contribution in [3.05, 3.63) is 29.8 Å². The summed E-state index contributed by atoms with van der Waals surface area (Å²) < 4.78 is 5.20. The largest absolute Gasteiger partial charge is 0.378 e. The second kappa shape index (κ2) is 9.75. The molecule has 1 fully saturated rings. The molecule has 1 aromatic carbocycles. The molecule has 1 unspecified atom stereocenters. The molecule has 0 radical (unpaired) electrons. The Labute approximate surface area is 151 Å². The van der Waals surface area contributed by atoms with Gasteiger partial charge in [0.2, 0.25) is 5.91 Å². The van der Waals surface area contributed by atoms with Crippen LogP contribution in [-0.2, 0) is 9.53 Å². The highest BCUT2D eigenvalue weighted by molar-refractivity contribution is 5.77. The Morgan fingerprint density at radius 3 is 2.40 bits per heavy atom. The highest BCUT2D eigenvalue weighted by atomic mass is 16.5. The molecule has 1 aliphatic heterocycles. The van der Waals surface area contributed by atoms with Crippen LogP contribution in [0.5, 0.6) is 0 Å². The minimum Gasteiger partial charge on any atom is -0.378 e. The highest BCUT2D eigenvalue weighted by Gasteiger charge is 2.24. The van der Waals surface area contributed by atoms with Gasteiger partial charge in [-0.15, -0.1) is 0 Å². The van der Waals surface area contributed by atoms with Gasteiger partial charge in [-0.1, -0.05) is 12.1 Å². The van der Waals surface area contributed by atoms with E-state index in [0.29, 0.717) is 13.2 Å². The first kappa shape index (κ1) is 19.7. The van der Waals surface area contributed by atoms with E-state index in [2.05, 4.69) is 51.3 Å². The van der Waals surface area contributed by atoms with Crippen molar-refractivity contribution in [2.45, 2.75) is 13.0 Å². The molecule has 1 N–H and O–H groups in total. The number of nitrogens with zero attached hydrogens (tertiary/aromatic N) is 3. The average molecular weight is 348 g/mol. The van der Waals surface area contributed by atoms with E-state index >= 15 is 0 Å². The summed E-state index contributed by atoms with van der Waals surface area (Å²) in [6.07, 6.45) is 0. The SMILES string of the molecule is CCOCC(=O)NCC(c1ccc(N(C)C)cc1)N1CCN(C)CC1. The molecule has 0 saturated carbocycles. The van der Waals surface area contributed by atoms with Crippen LogP contribution >= 0.6 is 0 Å².